The third kappa shape index (κ3) is 4.71. The average molecular weight is 395 g/mol. The largest absolute Gasteiger partial charge is 0.493 e. The van der Waals surface area contributed by atoms with Gasteiger partial charge in [0.25, 0.3) is 11.6 Å². The quantitative estimate of drug-likeness (QED) is 0.341. The molecule has 0 bridgehead atoms. The highest BCUT2D eigenvalue weighted by Gasteiger charge is 2.21. The monoisotopic (exact) mass is 395 g/mol. The molecule has 0 saturated carbocycles. The third-order valence-electron chi connectivity index (χ3n) is 4.31. The molecule has 2 aromatic carbocycles. The third-order valence-corrected chi connectivity index (χ3v) is 4.31. The Labute approximate surface area is 168 Å². The van der Waals surface area contributed by atoms with Crippen LogP contribution in [-0.2, 0) is 4.79 Å². The lowest BCUT2D eigenvalue weighted by Crippen LogP contribution is -2.15. The van der Waals surface area contributed by atoms with Crippen molar-refractivity contribution in [2.24, 2.45) is 0 Å². The number of hydrogen-bond donors (Lipinski definition) is 1. The minimum absolute atomic E-state index is 0.0525. The van der Waals surface area contributed by atoms with Crippen LogP contribution in [0.4, 0.5) is 11.4 Å². The molecule has 2 aromatic rings. The summed E-state index contributed by atoms with van der Waals surface area (Å²) in [5.41, 5.74) is 2.82. The Hall–Kier alpha value is -3.86. The molecule has 8 nitrogen and oxygen atoms in total. The minimum Gasteiger partial charge on any atom is -0.493 e. The number of ether oxygens (including phenoxy) is 2. The molecule has 0 saturated heterocycles. The number of nitrogens with one attached hydrogen (secondary N) is 1. The molecule has 0 unspecified atom stereocenters. The van der Waals surface area contributed by atoms with Crippen LogP contribution < -0.4 is 14.8 Å². The van der Waals surface area contributed by atoms with Crippen LogP contribution in [0.1, 0.15) is 22.3 Å². The van der Waals surface area contributed by atoms with E-state index in [2.05, 4.69) is 5.32 Å². The summed E-state index contributed by atoms with van der Waals surface area (Å²) in [6.45, 7) is 5.65. The Morgan fingerprint density at radius 3 is 2.14 bits per heavy atom. The van der Waals surface area contributed by atoms with E-state index in [1.165, 1.54) is 26.4 Å². The van der Waals surface area contributed by atoms with Crippen LogP contribution in [0.2, 0.25) is 0 Å². The zero-order valence-corrected chi connectivity index (χ0v) is 16.8. The Morgan fingerprint density at radius 2 is 1.66 bits per heavy atom. The van der Waals surface area contributed by atoms with E-state index >= 15 is 0 Å². The molecule has 0 aromatic heterocycles. The second-order valence-electron chi connectivity index (χ2n) is 6.42. The van der Waals surface area contributed by atoms with Gasteiger partial charge in [0.2, 0.25) is 0 Å². The molecule has 8 heteroatoms. The van der Waals surface area contributed by atoms with E-state index in [0.29, 0.717) is 5.69 Å². The molecule has 0 aliphatic rings. The maximum atomic E-state index is 12.7. The lowest BCUT2D eigenvalue weighted by Gasteiger charge is -2.13. The van der Waals surface area contributed by atoms with Crippen LogP contribution >= 0.6 is 0 Å². The second kappa shape index (κ2) is 8.89. The highest BCUT2D eigenvalue weighted by atomic mass is 16.6. The molecule has 0 heterocycles. The van der Waals surface area contributed by atoms with E-state index in [1.54, 1.807) is 0 Å². The molecule has 0 fully saturated rings. The molecule has 150 valence electrons. The van der Waals surface area contributed by atoms with Gasteiger partial charge in [-0.05, 0) is 44.0 Å². The van der Waals surface area contributed by atoms with Gasteiger partial charge in [0, 0.05) is 5.69 Å². The first-order valence-corrected chi connectivity index (χ1v) is 8.63. The van der Waals surface area contributed by atoms with Crippen LogP contribution in [-0.4, -0.2) is 25.1 Å². The Kier molecular flexibility index (Phi) is 6.57. The number of anilines is 1. The molecule has 29 heavy (non-hydrogen) atoms. The zero-order valence-electron chi connectivity index (χ0n) is 16.8. The smallest absolute Gasteiger partial charge is 0.280 e. The van der Waals surface area contributed by atoms with Gasteiger partial charge in [-0.3, -0.25) is 14.9 Å². The van der Waals surface area contributed by atoms with Crippen molar-refractivity contribution in [1.29, 1.82) is 5.26 Å². The number of methoxy groups -OCH3 is 2. The van der Waals surface area contributed by atoms with Gasteiger partial charge in [-0.1, -0.05) is 17.7 Å². The molecular weight excluding hydrogens is 374 g/mol. The van der Waals surface area contributed by atoms with Gasteiger partial charge >= 0.3 is 0 Å². The Bertz CT molecular complexity index is 1030. The second-order valence-corrected chi connectivity index (χ2v) is 6.42. The van der Waals surface area contributed by atoms with Crippen molar-refractivity contribution >= 4 is 23.4 Å². The van der Waals surface area contributed by atoms with Crippen LogP contribution in [0.15, 0.2) is 29.8 Å². The first-order valence-electron chi connectivity index (χ1n) is 8.63. The summed E-state index contributed by atoms with van der Waals surface area (Å²) in [6, 6.07) is 8.17. The number of aryl methyl sites for hydroxylation is 3. The van der Waals surface area contributed by atoms with E-state index in [1.807, 2.05) is 39.0 Å². The summed E-state index contributed by atoms with van der Waals surface area (Å²) in [6.07, 6.45) is 1.16. The fourth-order valence-corrected chi connectivity index (χ4v) is 3.02. The summed E-state index contributed by atoms with van der Waals surface area (Å²) in [4.78, 5) is 23.5. The van der Waals surface area contributed by atoms with Crippen molar-refractivity contribution in [2.75, 3.05) is 19.5 Å². The summed E-state index contributed by atoms with van der Waals surface area (Å²) < 4.78 is 10.2. The maximum Gasteiger partial charge on any atom is 0.280 e. The predicted octanol–water partition coefficient (Wildman–Crippen LogP) is 4.08. The normalized spacial score (nSPS) is 10.8. The van der Waals surface area contributed by atoms with Gasteiger partial charge in [-0.2, -0.15) is 5.26 Å². The number of nitro groups is 1. The SMILES string of the molecule is COc1cc(/C=C(\C#N)C(=O)Nc2c(C)cc(C)cc2C)c([N+](=O)[O-])cc1OC. The van der Waals surface area contributed by atoms with Crippen LogP contribution in [0, 0.1) is 42.2 Å². The molecule has 0 atom stereocenters. The van der Waals surface area contributed by atoms with Crippen molar-refractivity contribution in [2.45, 2.75) is 20.8 Å². The van der Waals surface area contributed by atoms with Crippen molar-refractivity contribution in [3.05, 3.63) is 62.2 Å². The van der Waals surface area contributed by atoms with Gasteiger partial charge in [0.1, 0.15) is 11.6 Å². The lowest BCUT2D eigenvalue weighted by atomic mass is 10.0. The van der Waals surface area contributed by atoms with Crippen molar-refractivity contribution in [3.63, 3.8) is 0 Å². The predicted molar refractivity (Wildman–Crippen MR) is 109 cm³/mol. The van der Waals surface area contributed by atoms with Gasteiger partial charge in [-0.25, -0.2) is 0 Å². The van der Waals surface area contributed by atoms with E-state index in [-0.39, 0.29) is 28.3 Å². The van der Waals surface area contributed by atoms with E-state index in [0.717, 1.165) is 22.8 Å². The summed E-state index contributed by atoms with van der Waals surface area (Å²) in [5, 5.41) is 23.6. The standard InChI is InChI=1S/C21H21N3O5/c1-12-6-13(2)20(14(3)7-12)23-21(25)16(11-22)8-15-9-18(28-4)19(29-5)10-17(15)24(26)27/h6-10H,1-5H3,(H,23,25)/b16-8+. The number of amides is 1. The maximum absolute atomic E-state index is 12.7. The lowest BCUT2D eigenvalue weighted by molar-refractivity contribution is -0.385. The molecule has 1 amide bonds. The topological polar surface area (TPSA) is 114 Å². The number of nitriles is 1. The Morgan fingerprint density at radius 1 is 1.10 bits per heavy atom. The van der Waals surface area contributed by atoms with Gasteiger partial charge in [0.15, 0.2) is 11.5 Å². The number of nitrogens with zero attached hydrogens (tertiary/aromatic N) is 2. The van der Waals surface area contributed by atoms with Crippen molar-refractivity contribution in [1.82, 2.24) is 0 Å². The van der Waals surface area contributed by atoms with Gasteiger partial charge in [-0.15, -0.1) is 0 Å². The average Bonchev–Trinajstić information content (AvgIpc) is 2.67. The summed E-state index contributed by atoms with van der Waals surface area (Å²) in [7, 11) is 2.75. The molecule has 2 rings (SSSR count). The van der Waals surface area contributed by atoms with E-state index in [4.69, 9.17) is 9.47 Å². The summed E-state index contributed by atoms with van der Waals surface area (Å²) in [5.74, 6) is -0.246. The van der Waals surface area contributed by atoms with Gasteiger partial charge < -0.3 is 14.8 Å². The Balaban J connectivity index is 2.50. The van der Waals surface area contributed by atoms with E-state index < -0.39 is 10.8 Å². The number of nitro benzene ring substituents is 1. The zero-order chi connectivity index (χ0) is 21.7. The first kappa shape index (κ1) is 21.4. The highest BCUT2D eigenvalue weighted by Crippen LogP contribution is 2.35. The minimum atomic E-state index is -0.661. The van der Waals surface area contributed by atoms with Crippen LogP contribution in [0.3, 0.4) is 0 Å². The number of benzene rings is 2. The van der Waals surface area contributed by atoms with Crippen molar-refractivity contribution in [3.8, 4) is 17.6 Å². The number of rotatable bonds is 6. The molecular formula is C21H21N3O5. The highest BCUT2D eigenvalue weighted by molar-refractivity contribution is 6.10. The number of carbonyl (C=O) groups is 1. The van der Waals surface area contributed by atoms with Crippen LogP contribution in [0.5, 0.6) is 11.5 Å². The van der Waals surface area contributed by atoms with Crippen LogP contribution in [0.25, 0.3) is 6.08 Å². The fourth-order valence-electron chi connectivity index (χ4n) is 3.02. The van der Waals surface area contributed by atoms with E-state index in [9.17, 15) is 20.2 Å². The molecule has 0 aliphatic carbocycles. The summed E-state index contributed by atoms with van der Waals surface area (Å²) >= 11 is 0. The molecule has 0 radical (unpaired) electrons. The number of carbonyl (C=O) groups excluding carboxylic acids is 1. The molecule has 1 N–H and O–H groups in total. The van der Waals surface area contributed by atoms with Crippen molar-refractivity contribution < 1.29 is 19.2 Å². The van der Waals surface area contributed by atoms with Gasteiger partial charge in [0.05, 0.1) is 30.8 Å². The molecule has 0 aliphatic heterocycles. The first-order chi connectivity index (χ1) is 13.7. The number of hydrogen-bond acceptors (Lipinski definition) is 6. The molecule has 0 spiro atoms. The fraction of sp³-hybridized carbons (Fsp3) is 0.238.